The van der Waals surface area contributed by atoms with Gasteiger partial charge in [0.2, 0.25) is 0 Å². The Labute approximate surface area is 142 Å². The quantitative estimate of drug-likeness (QED) is 0.696. The van der Waals surface area contributed by atoms with E-state index in [0.29, 0.717) is 5.92 Å². The minimum Gasteiger partial charge on any atom is -0.400 e. The summed E-state index contributed by atoms with van der Waals surface area (Å²) in [6.07, 6.45) is 3.23. The van der Waals surface area contributed by atoms with E-state index in [1.807, 2.05) is 0 Å². The molecule has 0 aliphatic carbocycles. The van der Waals surface area contributed by atoms with Gasteiger partial charge < -0.3 is 9.31 Å². The second-order valence-corrected chi connectivity index (χ2v) is 8.33. The molecular formula is C20H31BO2. The van der Waals surface area contributed by atoms with Gasteiger partial charge >= 0.3 is 7.12 Å². The molecular weight excluding hydrogens is 283 g/mol. The third-order valence-electron chi connectivity index (χ3n) is 4.80. The standard InChI is InChI=1S/C20H31BO2/c1-14(2)9-18(13-17-11-15(3)10-16(4)12-17)21-22-19(5,6)20(7,8)23-21/h10-14H,9H2,1-8H3/b18-13+. The Balaban J connectivity index is 2.36. The van der Waals surface area contributed by atoms with E-state index in [-0.39, 0.29) is 18.3 Å². The van der Waals surface area contributed by atoms with Crippen LogP contribution in [0.2, 0.25) is 0 Å². The van der Waals surface area contributed by atoms with Crippen molar-refractivity contribution in [2.75, 3.05) is 0 Å². The molecule has 0 radical (unpaired) electrons. The normalized spacial score (nSPS) is 20.4. The highest BCUT2D eigenvalue weighted by Gasteiger charge is 2.52. The first kappa shape index (κ1) is 18.3. The number of rotatable bonds is 4. The first-order valence-corrected chi connectivity index (χ1v) is 8.64. The Morgan fingerprint density at radius 2 is 1.48 bits per heavy atom. The van der Waals surface area contributed by atoms with E-state index < -0.39 is 0 Å². The van der Waals surface area contributed by atoms with Gasteiger partial charge in [-0.3, -0.25) is 0 Å². The van der Waals surface area contributed by atoms with Crippen LogP contribution in [0, 0.1) is 19.8 Å². The first-order valence-electron chi connectivity index (χ1n) is 8.64. The lowest BCUT2D eigenvalue weighted by atomic mass is 9.73. The van der Waals surface area contributed by atoms with Crippen molar-refractivity contribution in [2.24, 2.45) is 5.92 Å². The molecule has 1 fully saturated rings. The molecule has 0 atom stereocenters. The van der Waals surface area contributed by atoms with Gasteiger partial charge in [0.1, 0.15) is 0 Å². The second kappa shape index (κ2) is 6.45. The molecule has 1 heterocycles. The van der Waals surface area contributed by atoms with Crippen LogP contribution in [-0.2, 0) is 9.31 Å². The summed E-state index contributed by atoms with van der Waals surface area (Å²) in [7, 11) is -0.261. The molecule has 1 aliphatic heterocycles. The highest BCUT2D eigenvalue weighted by atomic mass is 16.7. The lowest BCUT2D eigenvalue weighted by Gasteiger charge is -2.32. The smallest absolute Gasteiger partial charge is 0.400 e. The third kappa shape index (κ3) is 4.27. The van der Waals surface area contributed by atoms with Gasteiger partial charge in [0.25, 0.3) is 0 Å². The van der Waals surface area contributed by atoms with E-state index in [9.17, 15) is 0 Å². The summed E-state index contributed by atoms with van der Waals surface area (Å²) in [5, 5.41) is 0. The molecule has 1 aromatic rings. The summed E-state index contributed by atoms with van der Waals surface area (Å²) >= 11 is 0. The van der Waals surface area contributed by atoms with Gasteiger partial charge in [0.05, 0.1) is 11.2 Å². The molecule has 0 amide bonds. The zero-order valence-corrected chi connectivity index (χ0v) is 16.0. The van der Waals surface area contributed by atoms with Crippen molar-refractivity contribution < 1.29 is 9.31 Å². The summed E-state index contributed by atoms with van der Waals surface area (Å²) in [5.74, 6) is 0.561. The SMILES string of the molecule is Cc1cc(C)cc(/C=C(\CC(C)C)B2OC(C)(C)C(C)(C)O2)c1. The number of allylic oxidation sites excluding steroid dienone is 1. The van der Waals surface area contributed by atoms with E-state index in [0.717, 1.165) is 6.42 Å². The summed E-state index contributed by atoms with van der Waals surface area (Å²) < 4.78 is 12.5. The predicted octanol–water partition coefficient (Wildman–Crippen LogP) is 5.36. The molecule has 2 nitrogen and oxygen atoms in total. The lowest BCUT2D eigenvalue weighted by molar-refractivity contribution is 0.00578. The topological polar surface area (TPSA) is 18.5 Å². The molecule has 1 aliphatic rings. The van der Waals surface area contributed by atoms with Crippen LogP contribution in [0.4, 0.5) is 0 Å². The van der Waals surface area contributed by atoms with Crippen LogP contribution in [0.5, 0.6) is 0 Å². The van der Waals surface area contributed by atoms with Gasteiger partial charge in [-0.2, -0.15) is 0 Å². The molecule has 1 aromatic carbocycles. The van der Waals surface area contributed by atoms with Gasteiger partial charge in [0, 0.05) is 0 Å². The van der Waals surface area contributed by atoms with E-state index in [1.165, 1.54) is 22.2 Å². The van der Waals surface area contributed by atoms with Crippen molar-refractivity contribution >= 4 is 13.2 Å². The molecule has 2 rings (SSSR count). The fourth-order valence-corrected chi connectivity index (χ4v) is 3.00. The minimum atomic E-state index is -0.295. The van der Waals surface area contributed by atoms with Gasteiger partial charge in [-0.05, 0) is 64.9 Å². The predicted molar refractivity (Wildman–Crippen MR) is 99.4 cm³/mol. The van der Waals surface area contributed by atoms with Crippen LogP contribution in [0.3, 0.4) is 0 Å². The van der Waals surface area contributed by atoms with E-state index in [1.54, 1.807) is 0 Å². The summed E-state index contributed by atoms with van der Waals surface area (Å²) in [5.41, 5.74) is 4.44. The molecule has 0 aromatic heterocycles. The van der Waals surface area contributed by atoms with Crippen molar-refractivity contribution in [1.82, 2.24) is 0 Å². The maximum absolute atomic E-state index is 6.27. The molecule has 0 N–H and O–H groups in total. The van der Waals surface area contributed by atoms with E-state index >= 15 is 0 Å². The van der Waals surface area contributed by atoms with E-state index in [2.05, 4.69) is 79.7 Å². The van der Waals surface area contributed by atoms with Gasteiger partial charge in [-0.1, -0.05) is 49.2 Å². The van der Waals surface area contributed by atoms with Crippen LogP contribution in [0.25, 0.3) is 6.08 Å². The zero-order valence-electron chi connectivity index (χ0n) is 16.0. The van der Waals surface area contributed by atoms with Crippen molar-refractivity contribution in [3.05, 3.63) is 40.4 Å². The monoisotopic (exact) mass is 314 g/mol. The molecule has 3 heteroatoms. The minimum absolute atomic E-state index is 0.261. The zero-order chi connectivity index (χ0) is 17.4. The largest absolute Gasteiger partial charge is 0.490 e. The number of benzene rings is 1. The Bertz CT molecular complexity index is 563. The fraction of sp³-hybridized carbons (Fsp3) is 0.600. The number of hydrogen-bond acceptors (Lipinski definition) is 2. The molecule has 23 heavy (non-hydrogen) atoms. The molecule has 0 saturated carbocycles. The Hall–Kier alpha value is -1.06. The molecule has 126 valence electrons. The summed E-state index contributed by atoms with van der Waals surface area (Å²) in [6, 6.07) is 6.64. The third-order valence-corrected chi connectivity index (χ3v) is 4.80. The van der Waals surface area contributed by atoms with Crippen LogP contribution >= 0.6 is 0 Å². The van der Waals surface area contributed by atoms with Gasteiger partial charge in [-0.25, -0.2) is 0 Å². The van der Waals surface area contributed by atoms with E-state index in [4.69, 9.17) is 9.31 Å². The molecule has 0 spiro atoms. The molecule has 1 saturated heterocycles. The summed E-state index contributed by atoms with van der Waals surface area (Å²) in [4.78, 5) is 0. The summed E-state index contributed by atoms with van der Waals surface area (Å²) in [6.45, 7) is 17.2. The van der Waals surface area contributed by atoms with Crippen LogP contribution < -0.4 is 0 Å². The lowest BCUT2D eigenvalue weighted by Crippen LogP contribution is -2.41. The van der Waals surface area contributed by atoms with Crippen molar-refractivity contribution in [3.8, 4) is 0 Å². The van der Waals surface area contributed by atoms with Gasteiger partial charge in [-0.15, -0.1) is 0 Å². The molecule has 0 bridgehead atoms. The van der Waals surface area contributed by atoms with Crippen molar-refractivity contribution in [2.45, 2.75) is 73.0 Å². The Morgan fingerprint density at radius 3 is 1.91 bits per heavy atom. The second-order valence-electron chi connectivity index (χ2n) is 8.33. The Kier molecular flexibility index (Phi) is 5.13. The highest BCUT2D eigenvalue weighted by molar-refractivity contribution is 6.55. The number of aryl methyl sites for hydroxylation is 2. The fourth-order valence-electron chi connectivity index (χ4n) is 3.00. The molecule has 0 unspecified atom stereocenters. The first-order chi connectivity index (χ1) is 10.5. The maximum Gasteiger partial charge on any atom is 0.490 e. The number of hydrogen-bond donors (Lipinski definition) is 0. The van der Waals surface area contributed by atoms with Gasteiger partial charge in [0.15, 0.2) is 0 Å². The average molecular weight is 314 g/mol. The van der Waals surface area contributed by atoms with Crippen LogP contribution in [0.15, 0.2) is 23.7 Å². The highest BCUT2D eigenvalue weighted by Crippen LogP contribution is 2.40. The Morgan fingerprint density at radius 1 is 1.00 bits per heavy atom. The van der Waals surface area contributed by atoms with Crippen molar-refractivity contribution in [1.29, 1.82) is 0 Å². The maximum atomic E-state index is 6.27. The van der Waals surface area contributed by atoms with Crippen molar-refractivity contribution in [3.63, 3.8) is 0 Å². The average Bonchev–Trinajstić information content (AvgIpc) is 2.55. The van der Waals surface area contributed by atoms with Crippen LogP contribution in [0.1, 0.15) is 64.7 Å². The van der Waals surface area contributed by atoms with Crippen LogP contribution in [-0.4, -0.2) is 18.3 Å².